The Morgan fingerprint density at radius 2 is 1.66 bits per heavy atom. The number of anilines is 1. The number of fused-ring (bicyclic) bond motifs is 1. The third kappa shape index (κ3) is 4.24. The Morgan fingerprint density at radius 3 is 2.41 bits per heavy atom. The quantitative estimate of drug-likeness (QED) is 0.293. The van der Waals surface area contributed by atoms with Crippen molar-refractivity contribution in [1.29, 1.82) is 0 Å². The van der Waals surface area contributed by atoms with Gasteiger partial charge in [0.25, 0.3) is 0 Å². The Balaban J connectivity index is 1.74. The van der Waals surface area contributed by atoms with Crippen LogP contribution in [-0.4, -0.2) is 15.7 Å². The number of hydrogen-bond donors (Lipinski definition) is 1. The summed E-state index contributed by atoms with van der Waals surface area (Å²) < 4.78 is 0. The number of halogens is 2. The Hall–Kier alpha value is -2.95. The molecule has 1 heterocycles. The predicted molar refractivity (Wildman–Crippen MR) is 122 cm³/mol. The molecule has 0 aliphatic carbocycles. The van der Waals surface area contributed by atoms with Crippen molar-refractivity contribution in [3.8, 4) is 11.4 Å². The molecule has 6 heteroatoms. The van der Waals surface area contributed by atoms with Gasteiger partial charge in [-0.15, -0.1) is 0 Å². The van der Waals surface area contributed by atoms with Gasteiger partial charge < -0.3 is 0 Å². The molecule has 0 spiro atoms. The van der Waals surface area contributed by atoms with Crippen molar-refractivity contribution in [2.45, 2.75) is 13.8 Å². The highest BCUT2D eigenvalue weighted by molar-refractivity contribution is 6.42. The van der Waals surface area contributed by atoms with Crippen LogP contribution < -0.4 is 5.43 Å². The van der Waals surface area contributed by atoms with Gasteiger partial charge in [-0.25, -0.2) is 9.97 Å². The number of para-hydroxylation sites is 1. The first-order valence-electron chi connectivity index (χ1n) is 9.11. The molecule has 0 aliphatic rings. The van der Waals surface area contributed by atoms with Gasteiger partial charge in [0.2, 0.25) is 0 Å². The smallest absolute Gasteiger partial charge is 0.162 e. The van der Waals surface area contributed by atoms with Crippen molar-refractivity contribution < 1.29 is 0 Å². The van der Waals surface area contributed by atoms with Crippen LogP contribution in [0.25, 0.3) is 22.3 Å². The number of nitrogens with zero attached hydrogens (tertiary/aromatic N) is 3. The van der Waals surface area contributed by atoms with Crippen molar-refractivity contribution in [3.05, 3.63) is 87.9 Å². The lowest BCUT2D eigenvalue weighted by Gasteiger charge is -2.09. The SMILES string of the molecule is C/C(=N\Nc1nc(-c2ccc(C)cc2)nc2ccccc12)c1ccc(Cl)c(Cl)c1. The van der Waals surface area contributed by atoms with E-state index in [9.17, 15) is 0 Å². The molecule has 1 aromatic heterocycles. The van der Waals surface area contributed by atoms with Crippen molar-refractivity contribution in [1.82, 2.24) is 9.97 Å². The molecule has 4 nitrogen and oxygen atoms in total. The summed E-state index contributed by atoms with van der Waals surface area (Å²) >= 11 is 12.1. The van der Waals surface area contributed by atoms with Crippen LogP contribution in [0.3, 0.4) is 0 Å². The van der Waals surface area contributed by atoms with E-state index in [0.29, 0.717) is 21.7 Å². The summed E-state index contributed by atoms with van der Waals surface area (Å²) in [6.45, 7) is 3.95. The molecule has 4 rings (SSSR count). The van der Waals surface area contributed by atoms with Crippen molar-refractivity contribution in [2.75, 3.05) is 5.43 Å². The molecule has 0 radical (unpaired) electrons. The van der Waals surface area contributed by atoms with Gasteiger partial charge in [-0.2, -0.15) is 5.10 Å². The molecule has 144 valence electrons. The number of rotatable bonds is 4. The molecule has 1 N–H and O–H groups in total. The fraction of sp³-hybridized carbons (Fsp3) is 0.0870. The average Bonchev–Trinajstić information content (AvgIpc) is 2.74. The summed E-state index contributed by atoms with van der Waals surface area (Å²) in [5.41, 5.74) is 7.74. The van der Waals surface area contributed by atoms with Crippen LogP contribution >= 0.6 is 23.2 Å². The van der Waals surface area contributed by atoms with Gasteiger partial charge in [0.1, 0.15) is 0 Å². The largest absolute Gasteiger partial charge is 0.260 e. The average molecular weight is 421 g/mol. The lowest BCUT2D eigenvalue weighted by Crippen LogP contribution is -2.03. The third-order valence-corrected chi connectivity index (χ3v) is 5.32. The van der Waals surface area contributed by atoms with E-state index in [-0.39, 0.29) is 0 Å². The van der Waals surface area contributed by atoms with Gasteiger partial charge in [0.15, 0.2) is 11.6 Å². The lowest BCUT2D eigenvalue weighted by molar-refractivity contribution is 1.18. The molecule has 0 saturated heterocycles. The van der Waals surface area contributed by atoms with Crippen LogP contribution in [0.5, 0.6) is 0 Å². The maximum atomic E-state index is 6.12. The summed E-state index contributed by atoms with van der Waals surface area (Å²) in [6.07, 6.45) is 0. The molecule has 0 saturated carbocycles. The maximum Gasteiger partial charge on any atom is 0.162 e. The second kappa shape index (κ2) is 8.19. The van der Waals surface area contributed by atoms with Gasteiger partial charge >= 0.3 is 0 Å². The van der Waals surface area contributed by atoms with Gasteiger partial charge in [0, 0.05) is 10.9 Å². The normalized spacial score (nSPS) is 11.7. The highest BCUT2D eigenvalue weighted by Crippen LogP contribution is 2.26. The Kier molecular flexibility index (Phi) is 5.47. The summed E-state index contributed by atoms with van der Waals surface area (Å²) in [5, 5.41) is 6.41. The first-order chi connectivity index (χ1) is 14.0. The van der Waals surface area contributed by atoms with Crippen LogP contribution in [0, 0.1) is 6.92 Å². The fourth-order valence-electron chi connectivity index (χ4n) is 2.92. The Morgan fingerprint density at radius 1 is 0.897 bits per heavy atom. The van der Waals surface area contributed by atoms with Gasteiger partial charge in [-0.05, 0) is 43.7 Å². The summed E-state index contributed by atoms with van der Waals surface area (Å²) in [7, 11) is 0. The minimum atomic E-state index is 0.493. The van der Waals surface area contributed by atoms with Crippen molar-refractivity contribution in [3.63, 3.8) is 0 Å². The zero-order chi connectivity index (χ0) is 20.4. The van der Waals surface area contributed by atoms with Crippen molar-refractivity contribution in [2.24, 2.45) is 5.10 Å². The van der Waals surface area contributed by atoms with E-state index in [0.717, 1.165) is 27.7 Å². The third-order valence-electron chi connectivity index (χ3n) is 4.58. The molecular weight excluding hydrogens is 403 g/mol. The summed E-state index contributed by atoms with van der Waals surface area (Å²) in [4.78, 5) is 9.43. The number of aryl methyl sites for hydroxylation is 1. The first-order valence-corrected chi connectivity index (χ1v) is 9.86. The highest BCUT2D eigenvalue weighted by Gasteiger charge is 2.09. The fourth-order valence-corrected chi connectivity index (χ4v) is 3.21. The van der Waals surface area contributed by atoms with Gasteiger partial charge in [0.05, 0.1) is 21.3 Å². The second-order valence-electron chi connectivity index (χ2n) is 6.72. The molecule has 0 atom stereocenters. The van der Waals surface area contributed by atoms with Crippen LogP contribution in [0.2, 0.25) is 10.0 Å². The van der Waals surface area contributed by atoms with E-state index < -0.39 is 0 Å². The first kappa shape index (κ1) is 19.4. The molecule has 0 bridgehead atoms. The van der Waals surface area contributed by atoms with E-state index in [1.54, 1.807) is 12.1 Å². The van der Waals surface area contributed by atoms with Crippen LogP contribution in [-0.2, 0) is 0 Å². The number of nitrogens with one attached hydrogen (secondary N) is 1. The number of hydrogen-bond acceptors (Lipinski definition) is 4. The summed E-state index contributed by atoms with van der Waals surface area (Å²) in [5.74, 6) is 1.29. The van der Waals surface area contributed by atoms with Gasteiger partial charge in [-0.3, -0.25) is 5.43 Å². The standard InChI is InChI=1S/C23H18Cl2N4/c1-14-7-9-16(10-8-14)22-26-21-6-4-3-5-18(21)23(27-22)29-28-15(2)17-11-12-19(24)20(25)13-17/h3-13H,1-2H3,(H,26,27,29)/b28-15+. The minimum absolute atomic E-state index is 0.493. The zero-order valence-corrected chi connectivity index (χ0v) is 17.5. The predicted octanol–water partition coefficient (Wildman–Crippen LogP) is 6.75. The molecule has 29 heavy (non-hydrogen) atoms. The maximum absolute atomic E-state index is 6.12. The molecular formula is C23H18Cl2N4. The van der Waals surface area contributed by atoms with Crippen molar-refractivity contribution >= 4 is 45.6 Å². The topological polar surface area (TPSA) is 50.2 Å². The summed E-state index contributed by atoms with van der Waals surface area (Å²) in [6, 6.07) is 21.4. The molecule has 3 aromatic carbocycles. The highest BCUT2D eigenvalue weighted by atomic mass is 35.5. The molecule has 0 amide bonds. The van der Waals surface area contributed by atoms with E-state index >= 15 is 0 Å². The van der Waals surface area contributed by atoms with E-state index in [1.807, 2.05) is 61.5 Å². The Bertz CT molecular complexity index is 1220. The van der Waals surface area contributed by atoms with E-state index in [4.69, 9.17) is 33.2 Å². The molecule has 0 aliphatic heterocycles. The number of benzene rings is 3. The zero-order valence-electron chi connectivity index (χ0n) is 15.9. The number of aromatic nitrogens is 2. The van der Waals surface area contributed by atoms with E-state index in [1.165, 1.54) is 5.56 Å². The van der Waals surface area contributed by atoms with E-state index in [2.05, 4.69) is 17.5 Å². The number of hydrazone groups is 1. The lowest BCUT2D eigenvalue weighted by atomic mass is 10.1. The minimum Gasteiger partial charge on any atom is -0.260 e. The van der Waals surface area contributed by atoms with Gasteiger partial charge in [-0.1, -0.05) is 71.2 Å². The monoisotopic (exact) mass is 420 g/mol. The van der Waals surface area contributed by atoms with Crippen LogP contribution in [0.1, 0.15) is 18.1 Å². The second-order valence-corrected chi connectivity index (χ2v) is 7.53. The molecule has 0 fully saturated rings. The molecule has 4 aromatic rings. The van der Waals surface area contributed by atoms with Crippen LogP contribution in [0.15, 0.2) is 71.8 Å². The molecule has 0 unspecified atom stereocenters. The Labute approximate surface area is 179 Å². The van der Waals surface area contributed by atoms with Crippen LogP contribution in [0.4, 0.5) is 5.82 Å².